The van der Waals surface area contributed by atoms with Gasteiger partial charge in [-0.2, -0.15) is 5.26 Å². The van der Waals surface area contributed by atoms with Crippen molar-refractivity contribution in [3.05, 3.63) is 18.3 Å². The fraction of sp³-hybridized carbons (Fsp3) is 0.630. The van der Waals surface area contributed by atoms with Gasteiger partial charge in [0, 0.05) is 19.2 Å². The van der Waals surface area contributed by atoms with Crippen molar-refractivity contribution in [3.8, 4) is 11.8 Å². The number of anilines is 1. The van der Waals surface area contributed by atoms with Gasteiger partial charge in [-0.05, 0) is 34.8 Å². The summed E-state index contributed by atoms with van der Waals surface area (Å²) in [6, 6.07) is 2.81. The quantitative estimate of drug-likeness (QED) is 0.587. The minimum Gasteiger partial charge on any atom is -0.472 e. The molecule has 208 valence electrons. The van der Waals surface area contributed by atoms with Crippen LogP contribution in [0.3, 0.4) is 0 Å². The van der Waals surface area contributed by atoms with Crippen molar-refractivity contribution in [3.63, 3.8) is 0 Å². The molecule has 1 saturated carbocycles. The van der Waals surface area contributed by atoms with Crippen LogP contribution in [0.2, 0.25) is 0 Å². The summed E-state index contributed by atoms with van der Waals surface area (Å²) in [5.41, 5.74) is -2.28. The Hall–Kier alpha value is -3.88. The molecule has 0 aromatic carbocycles. The molecule has 2 saturated heterocycles. The van der Waals surface area contributed by atoms with Gasteiger partial charge in [0.05, 0.1) is 19.7 Å². The van der Waals surface area contributed by atoms with E-state index in [1.807, 2.05) is 20.8 Å². The van der Waals surface area contributed by atoms with Crippen LogP contribution in [0.1, 0.15) is 41.0 Å². The lowest BCUT2D eigenvalue weighted by atomic mass is 9.85. The number of likely N-dealkylation sites (tertiary alicyclic amines) is 2. The van der Waals surface area contributed by atoms with E-state index in [9.17, 15) is 24.4 Å². The maximum atomic E-state index is 14.3. The average molecular weight is 539 g/mol. The van der Waals surface area contributed by atoms with Crippen molar-refractivity contribution < 1.29 is 28.7 Å². The second-order valence-electron chi connectivity index (χ2n) is 12.5. The molecule has 1 aliphatic carbocycles. The summed E-state index contributed by atoms with van der Waals surface area (Å²) in [6.45, 7) is 9.82. The number of nitrogens with one attached hydrogen (secondary N) is 2. The predicted octanol–water partition coefficient (Wildman–Crippen LogP) is 1.53. The van der Waals surface area contributed by atoms with Crippen LogP contribution in [0.15, 0.2) is 18.3 Å². The number of aromatic nitrogens is 1. The fourth-order valence-corrected chi connectivity index (χ4v) is 6.46. The van der Waals surface area contributed by atoms with Crippen molar-refractivity contribution in [2.24, 2.45) is 22.7 Å². The standard InChI is InChI=1S/C27H34N6O6/c1-25(2,3)19(30-24(37)38-6)22(35)32-12-15-17(26(15,4)5)18(32)21(34)33-13-27(10-14(33)11-28)23(36)31-20-16(39-27)8-7-9-29-20/h7-9,14-15,17-19H,10,12-13H2,1-6H3,(H,30,37)(H,29,31,36)/t14-,15-,17-,18-,19+,27+/m0/s1. The molecule has 6 atom stereocenters. The van der Waals surface area contributed by atoms with Crippen LogP contribution in [-0.2, 0) is 19.1 Å². The first-order valence-corrected chi connectivity index (χ1v) is 13.1. The van der Waals surface area contributed by atoms with Gasteiger partial charge in [-0.1, -0.05) is 34.6 Å². The minimum absolute atomic E-state index is 0.0118. The van der Waals surface area contributed by atoms with Crippen LogP contribution in [0.25, 0.3) is 0 Å². The molecule has 0 radical (unpaired) electrons. The van der Waals surface area contributed by atoms with Crippen molar-refractivity contribution in [1.82, 2.24) is 20.1 Å². The number of ether oxygens (including phenoxy) is 2. The predicted molar refractivity (Wildman–Crippen MR) is 137 cm³/mol. The summed E-state index contributed by atoms with van der Waals surface area (Å²) in [4.78, 5) is 60.5. The first kappa shape index (κ1) is 26.7. The third-order valence-corrected chi connectivity index (χ3v) is 8.78. The zero-order chi connectivity index (χ0) is 28.5. The summed E-state index contributed by atoms with van der Waals surface area (Å²) >= 11 is 0. The maximum absolute atomic E-state index is 14.3. The Morgan fingerprint density at radius 2 is 2.03 bits per heavy atom. The van der Waals surface area contributed by atoms with Gasteiger partial charge < -0.3 is 29.9 Å². The SMILES string of the molecule is COC(=O)N[C@H](C(=O)N1C[C@H]2[C@@H]([C@H]1C(=O)N1C[C@@]3(C[C@H]1C#N)Oc1cccnc1NC3=O)C2(C)C)C(C)(C)C. The smallest absolute Gasteiger partial charge is 0.407 e. The normalized spacial score (nSPS) is 30.8. The Morgan fingerprint density at radius 3 is 2.67 bits per heavy atom. The van der Waals surface area contributed by atoms with Gasteiger partial charge in [0.1, 0.15) is 18.1 Å². The second-order valence-corrected chi connectivity index (χ2v) is 12.5. The number of hydrogen-bond donors (Lipinski definition) is 2. The Kier molecular flexibility index (Phi) is 6.05. The molecule has 12 heteroatoms. The molecule has 3 fully saturated rings. The number of nitrogens with zero attached hydrogens (tertiary/aromatic N) is 4. The molecule has 1 spiro atoms. The number of hydrogen-bond acceptors (Lipinski definition) is 8. The van der Waals surface area contributed by atoms with Gasteiger partial charge in [0.25, 0.3) is 5.91 Å². The molecule has 2 N–H and O–H groups in total. The Morgan fingerprint density at radius 1 is 1.31 bits per heavy atom. The highest BCUT2D eigenvalue weighted by molar-refractivity contribution is 6.01. The first-order valence-electron chi connectivity index (χ1n) is 13.1. The Bertz CT molecular complexity index is 1280. The molecule has 12 nitrogen and oxygen atoms in total. The van der Waals surface area contributed by atoms with Gasteiger partial charge in [-0.15, -0.1) is 0 Å². The summed E-state index contributed by atoms with van der Waals surface area (Å²) in [6.07, 6.45) is 0.780. The van der Waals surface area contributed by atoms with Crippen LogP contribution in [0.4, 0.5) is 10.6 Å². The number of piperidine rings is 1. The molecule has 1 aromatic rings. The molecule has 0 unspecified atom stereocenters. The fourth-order valence-electron chi connectivity index (χ4n) is 6.46. The lowest BCUT2D eigenvalue weighted by Crippen LogP contribution is -2.60. The van der Waals surface area contributed by atoms with Gasteiger partial charge in [-0.3, -0.25) is 14.4 Å². The molecule has 3 aliphatic heterocycles. The van der Waals surface area contributed by atoms with Crippen molar-refractivity contribution in [2.75, 3.05) is 25.5 Å². The van der Waals surface area contributed by atoms with E-state index in [0.29, 0.717) is 12.3 Å². The van der Waals surface area contributed by atoms with Crippen molar-refractivity contribution in [1.29, 1.82) is 5.26 Å². The molecule has 0 bridgehead atoms. The van der Waals surface area contributed by atoms with E-state index >= 15 is 0 Å². The number of nitriles is 1. The first-order chi connectivity index (χ1) is 18.2. The van der Waals surface area contributed by atoms with E-state index in [4.69, 9.17) is 9.47 Å². The number of carbonyl (C=O) groups is 4. The van der Waals surface area contributed by atoms with Gasteiger partial charge in [-0.25, -0.2) is 9.78 Å². The molecule has 4 heterocycles. The molecule has 4 aliphatic rings. The van der Waals surface area contributed by atoms with Crippen LogP contribution in [0.5, 0.6) is 5.75 Å². The molecular formula is C27H34N6O6. The number of rotatable bonds is 3. The number of fused-ring (bicyclic) bond motifs is 2. The summed E-state index contributed by atoms with van der Waals surface area (Å²) in [7, 11) is 1.22. The number of methoxy groups -OCH3 is 1. The summed E-state index contributed by atoms with van der Waals surface area (Å²) in [5, 5.41) is 15.4. The number of pyridine rings is 1. The number of amides is 4. The van der Waals surface area contributed by atoms with E-state index in [1.165, 1.54) is 23.1 Å². The number of alkyl carbamates (subject to hydrolysis) is 1. The highest BCUT2D eigenvalue weighted by Crippen LogP contribution is 2.65. The van der Waals surface area contributed by atoms with E-state index in [1.54, 1.807) is 12.1 Å². The van der Waals surface area contributed by atoms with E-state index in [2.05, 4.69) is 35.5 Å². The largest absolute Gasteiger partial charge is 0.472 e. The second kappa shape index (κ2) is 8.83. The lowest BCUT2D eigenvalue weighted by Gasteiger charge is -2.39. The summed E-state index contributed by atoms with van der Waals surface area (Å²) in [5.74, 6) is -0.623. The molecule has 1 aromatic heterocycles. The van der Waals surface area contributed by atoms with Crippen LogP contribution in [-0.4, -0.2) is 82.5 Å². The third-order valence-electron chi connectivity index (χ3n) is 8.78. The highest BCUT2D eigenvalue weighted by atomic mass is 16.5. The minimum atomic E-state index is -1.45. The summed E-state index contributed by atoms with van der Waals surface area (Å²) < 4.78 is 10.8. The van der Waals surface area contributed by atoms with Gasteiger partial charge in [0.15, 0.2) is 11.6 Å². The molecule has 39 heavy (non-hydrogen) atoms. The monoisotopic (exact) mass is 538 g/mol. The highest BCUT2D eigenvalue weighted by Gasteiger charge is 2.71. The van der Waals surface area contributed by atoms with E-state index in [-0.39, 0.29) is 41.9 Å². The maximum Gasteiger partial charge on any atom is 0.407 e. The van der Waals surface area contributed by atoms with Crippen LogP contribution < -0.4 is 15.4 Å². The van der Waals surface area contributed by atoms with Crippen molar-refractivity contribution in [2.45, 2.75) is 64.8 Å². The third kappa shape index (κ3) is 4.15. The van der Waals surface area contributed by atoms with E-state index in [0.717, 1.165) is 0 Å². The lowest BCUT2D eigenvalue weighted by molar-refractivity contribution is -0.149. The molecule has 4 amide bonds. The zero-order valence-electron chi connectivity index (χ0n) is 23.0. The molecular weight excluding hydrogens is 504 g/mol. The molecule has 5 rings (SSSR count). The average Bonchev–Trinajstić information content (AvgIpc) is 3.23. The topological polar surface area (TPSA) is 154 Å². The number of carbonyl (C=O) groups excluding carboxylic acids is 4. The van der Waals surface area contributed by atoms with Crippen molar-refractivity contribution >= 4 is 29.6 Å². The van der Waals surface area contributed by atoms with Gasteiger partial charge >= 0.3 is 6.09 Å². The van der Waals surface area contributed by atoms with Crippen LogP contribution >= 0.6 is 0 Å². The Labute approximate surface area is 227 Å². The van der Waals surface area contributed by atoms with Gasteiger partial charge in [0.2, 0.25) is 17.4 Å². The van der Waals surface area contributed by atoms with E-state index < -0.39 is 47.0 Å². The zero-order valence-corrected chi connectivity index (χ0v) is 23.0. The Balaban J connectivity index is 1.45. The van der Waals surface area contributed by atoms with Crippen LogP contribution in [0, 0.1) is 34.0 Å².